The number of nitrogens with one attached hydrogen (secondary N) is 1. The van der Waals surface area contributed by atoms with E-state index in [0.29, 0.717) is 18.4 Å². The number of anilines is 1. The van der Waals surface area contributed by atoms with E-state index in [4.69, 9.17) is 5.11 Å². The van der Waals surface area contributed by atoms with Gasteiger partial charge in [-0.25, -0.2) is 4.79 Å². The van der Waals surface area contributed by atoms with Gasteiger partial charge in [0, 0.05) is 5.69 Å². The second-order valence-electron chi connectivity index (χ2n) is 4.70. The van der Waals surface area contributed by atoms with Crippen molar-refractivity contribution in [2.75, 3.05) is 5.32 Å². The van der Waals surface area contributed by atoms with Crippen molar-refractivity contribution >= 4 is 11.7 Å². The maximum absolute atomic E-state index is 12.7. The fourth-order valence-corrected chi connectivity index (χ4v) is 1.81. The predicted octanol–water partition coefficient (Wildman–Crippen LogP) is 4.07. The summed E-state index contributed by atoms with van der Waals surface area (Å²) in [5, 5.41) is 11.8. The zero-order valence-corrected chi connectivity index (χ0v) is 11.4. The summed E-state index contributed by atoms with van der Waals surface area (Å²) in [6.45, 7) is 3.57. The summed E-state index contributed by atoms with van der Waals surface area (Å²) in [5.74, 6) is -1.06. The maximum Gasteiger partial charge on any atom is 0.416 e. The highest BCUT2D eigenvalue weighted by Crippen LogP contribution is 2.32. The van der Waals surface area contributed by atoms with Crippen LogP contribution in [0.5, 0.6) is 0 Å². The number of unbranched alkanes of at least 4 members (excludes halogenated alkanes) is 1. The smallest absolute Gasteiger partial charge is 0.416 e. The van der Waals surface area contributed by atoms with E-state index in [1.54, 1.807) is 6.92 Å². The molecule has 0 aromatic heterocycles. The monoisotopic (exact) mass is 289 g/mol. The van der Waals surface area contributed by atoms with Gasteiger partial charge in [0.1, 0.15) is 6.04 Å². The molecule has 0 saturated heterocycles. The molecular formula is C14H18F3NO2. The molecule has 0 saturated carbocycles. The molecule has 0 bridgehead atoms. The normalized spacial score (nSPS) is 13.1. The summed E-state index contributed by atoms with van der Waals surface area (Å²) in [5.41, 5.74) is 0.00862. The molecule has 2 N–H and O–H groups in total. The first-order valence-electron chi connectivity index (χ1n) is 6.43. The van der Waals surface area contributed by atoms with Crippen LogP contribution < -0.4 is 5.32 Å². The average Bonchev–Trinajstić information content (AvgIpc) is 2.34. The number of carboxylic acid groups (broad SMARTS) is 1. The third-order valence-corrected chi connectivity index (χ3v) is 3.04. The Morgan fingerprint density at radius 2 is 2.05 bits per heavy atom. The molecule has 0 radical (unpaired) electrons. The highest BCUT2D eigenvalue weighted by molar-refractivity contribution is 5.77. The summed E-state index contributed by atoms with van der Waals surface area (Å²) < 4.78 is 38.0. The lowest BCUT2D eigenvalue weighted by molar-refractivity contribution is -0.138. The second-order valence-corrected chi connectivity index (χ2v) is 4.70. The van der Waals surface area contributed by atoms with Crippen molar-refractivity contribution in [3.05, 3.63) is 29.3 Å². The van der Waals surface area contributed by atoms with Crippen molar-refractivity contribution in [3.8, 4) is 0 Å². The first-order valence-corrected chi connectivity index (χ1v) is 6.43. The van der Waals surface area contributed by atoms with Gasteiger partial charge in [0.05, 0.1) is 5.56 Å². The Morgan fingerprint density at radius 3 is 2.55 bits per heavy atom. The van der Waals surface area contributed by atoms with E-state index in [1.165, 1.54) is 6.07 Å². The number of aryl methyl sites for hydroxylation is 1. The van der Waals surface area contributed by atoms with Gasteiger partial charge in [-0.1, -0.05) is 25.8 Å². The number of carbonyl (C=O) groups is 1. The van der Waals surface area contributed by atoms with Crippen molar-refractivity contribution < 1.29 is 23.1 Å². The molecule has 20 heavy (non-hydrogen) atoms. The van der Waals surface area contributed by atoms with Gasteiger partial charge in [-0.15, -0.1) is 0 Å². The summed E-state index contributed by atoms with van der Waals surface area (Å²) in [4.78, 5) is 11.1. The lowest BCUT2D eigenvalue weighted by Gasteiger charge is -2.18. The lowest BCUT2D eigenvalue weighted by atomic mass is 10.1. The molecule has 1 unspecified atom stereocenters. The van der Waals surface area contributed by atoms with Gasteiger partial charge in [0.25, 0.3) is 0 Å². The van der Waals surface area contributed by atoms with E-state index >= 15 is 0 Å². The average molecular weight is 289 g/mol. The Morgan fingerprint density at radius 1 is 1.40 bits per heavy atom. The van der Waals surface area contributed by atoms with E-state index in [1.807, 2.05) is 6.92 Å². The Balaban J connectivity index is 2.97. The van der Waals surface area contributed by atoms with Crippen LogP contribution in [-0.4, -0.2) is 17.1 Å². The molecule has 0 aliphatic heterocycles. The van der Waals surface area contributed by atoms with Gasteiger partial charge in [-0.2, -0.15) is 13.2 Å². The van der Waals surface area contributed by atoms with Gasteiger partial charge in [0.15, 0.2) is 0 Å². The van der Waals surface area contributed by atoms with Crippen LogP contribution in [0.2, 0.25) is 0 Å². The highest BCUT2D eigenvalue weighted by Gasteiger charge is 2.31. The number of carboxylic acids is 1. The van der Waals surface area contributed by atoms with Crippen LogP contribution in [0.1, 0.15) is 37.3 Å². The van der Waals surface area contributed by atoms with Crippen LogP contribution in [0.4, 0.5) is 18.9 Å². The number of hydrogen-bond donors (Lipinski definition) is 2. The SMILES string of the molecule is CCCCC(Nc1cc(C(F)(F)F)ccc1C)C(=O)O. The fraction of sp³-hybridized carbons (Fsp3) is 0.500. The van der Waals surface area contributed by atoms with Crippen LogP contribution in [0.25, 0.3) is 0 Å². The quantitative estimate of drug-likeness (QED) is 0.830. The Labute approximate surface area is 115 Å². The number of hydrogen-bond acceptors (Lipinski definition) is 2. The van der Waals surface area contributed by atoms with Gasteiger partial charge >= 0.3 is 12.1 Å². The topological polar surface area (TPSA) is 49.3 Å². The standard InChI is InChI=1S/C14H18F3NO2/c1-3-4-5-11(13(19)20)18-12-8-10(14(15,16)17)7-6-9(12)2/h6-8,11,18H,3-5H2,1-2H3,(H,19,20). The van der Waals surface area contributed by atoms with Crippen LogP contribution in [0, 0.1) is 6.92 Å². The van der Waals surface area contributed by atoms with E-state index in [2.05, 4.69) is 5.32 Å². The van der Waals surface area contributed by atoms with Crippen LogP contribution in [-0.2, 0) is 11.0 Å². The zero-order valence-electron chi connectivity index (χ0n) is 11.4. The van der Waals surface area contributed by atoms with Crippen LogP contribution >= 0.6 is 0 Å². The van der Waals surface area contributed by atoms with Gasteiger partial charge < -0.3 is 10.4 Å². The molecule has 0 fully saturated rings. The molecule has 1 aromatic rings. The third-order valence-electron chi connectivity index (χ3n) is 3.04. The molecule has 3 nitrogen and oxygen atoms in total. The number of alkyl halides is 3. The summed E-state index contributed by atoms with van der Waals surface area (Å²) >= 11 is 0. The number of halogens is 3. The Bertz CT molecular complexity index is 472. The van der Waals surface area contributed by atoms with E-state index < -0.39 is 23.8 Å². The minimum Gasteiger partial charge on any atom is -0.480 e. The molecular weight excluding hydrogens is 271 g/mol. The zero-order chi connectivity index (χ0) is 15.3. The third kappa shape index (κ3) is 4.43. The number of benzene rings is 1. The molecule has 0 spiro atoms. The number of rotatable bonds is 6. The Hall–Kier alpha value is -1.72. The molecule has 0 amide bonds. The molecule has 1 atom stereocenters. The summed E-state index contributed by atoms with van der Waals surface area (Å²) in [6, 6.07) is 2.40. The van der Waals surface area contributed by atoms with Crippen molar-refractivity contribution in [1.29, 1.82) is 0 Å². The molecule has 112 valence electrons. The Kier molecular flexibility index (Phi) is 5.42. The molecule has 0 heterocycles. The second kappa shape index (κ2) is 6.63. The molecule has 6 heteroatoms. The van der Waals surface area contributed by atoms with Crippen LogP contribution in [0.15, 0.2) is 18.2 Å². The largest absolute Gasteiger partial charge is 0.480 e. The van der Waals surface area contributed by atoms with Crippen molar-refractivity contribution in [1.82, 2.24) is 0 Å². The summed E-state index contributed by atoms with van der Waals surface area (Å²) in [7, 11) is 0. The minimum atomic E-state index is -4.44. The van der Waals surface area contributed by atoms with E-state index in [0.717, 1.165) is 18.6 Å². The summed E-state index contributed by atoms with van der Waals surface area (Å²) in [6.07, 6.45) is -2.54. The predicted molar refractivity (Wildman–Crippen MR) is 70.8 cm³/mol. The van der Waals surface area contributed by atoms with Gasteiger partial charge in [0.2, 0.25) is 0 Å². The van der Waals surface area contributed by atoms with Gasteiger partial charge in [-0.3, -0.25) is 0 Å². The van der Waals surface area contributed by atoms with E-state index in [-0.39, 0.29) is 5.69 Å². The molecule has 1 rings (SSSR count). The molecule has 1 aromatic carbocycles. The first-order chi connectivity index (χ1) is 9.25. The fourth-order valence-electron chi connectivity index (χ4n) is 1.81. The molecule has 0 aliphatic rings. The van der Waals surface area contributed by atoms with Crippen molar-refractivity contribution in [2.24, 2.45) is 0 Å². The molecule has 0 aliphatic carbocycles. The van der Waals surface area contributed by atoms with Crippen molar-refractivity contribution in [3.63, 3.8) is 0 Å². The number of aliphatic carboxylic acids is 1. The lowest BCUT2D eigenvalue weighted by Crippen LogP contribution is -2.29. The maximum atomic E-state index is 12.7. The van der Waals surface area contributed by atoms with Crippen LogP contribution in [0.3, 0.4) is 0 Å². The van der Waals surface area contributed by atoms with Crippen molar-refractivity contribution in [2.45, 2.75) is 45.3 Å². The highest BCUT2D eigenvalue weighted by atomic mass is 19.4. The first kappa shape index (κ1) is 16.3. The minimum absolute atomic E-state index is 0.211. The van der Waals surface area contributed by atoms with Gasteiger partial charge in [-0.05, 0) is 31.0 Å². The van der Waals surface area contributed by atoms with E-state index in [9.17, 15) is 18.0 Å².